The van der Waals surface area contributed by atoms with Crippen molar-refractivity contribution in [1.82, 2.24) is 15.0 Å². The lowest BCUT2D eigenvalue weighted by molar-refractivity contribution is -0.113. The molecule has 0 radical (unpaired) electrons. The van der Waals surface area contributed by atoms with Crippen molar-refractivity contribution in [3.05, 3.63) is 53.9 Å². The molecule has 5 nitrogen and oxygen atoms in total. The monoisotopic (exact) mass is 330 g/mol. The Labute approximate surface area is 136 Å². The summed E-state index contributed by atoms with van der Waals surface area (Å²) in [6.07, 6.45) is 2.99. The fourth-order valence-electron chi connectivity index (χ4n) is 1.86. The Bertz CT molecular complexity index is 805. The first kappa shape index (κ1) is 14.7. The minimum Gasteiger partial charge on any atom is -0.310 e. The Morgan fingerprint density at radius 2 is 2.00 bits per heavy atom. The Morgan fingerprint density at radius 1 is 1.14 bits per heavy atom. The number of anilines is 1. The molecule has 2 aromatic heterocycles. The summed E-state index contributed by atoms with van der Waals surface area (Å²) >= 11 is 7.11. The third-order valence-electron chi connectivity index (χ3n) is 2.84. The van der Waals surface area contributed by atoms with E-state index >= 15 is 0 Å². The van der Waals surface area contributed by atoms with Gasteiger partial charge in [-0.25, -0.2) is 15.0 Å². The summed E-state index contributed by atoms with van der Waals surface area (Å²) in [6.45, 7) is 0. The fourth-order valence-corrected chi connectivity index (χ4v) is 2.76. The van der Waals surface area contributed by atoms with E-state index in [9.17, 15) is 4.79 Å². The number of halogens is 1. The van der Waals surface area contributed by atoms with Crippen LogP contribution < -0.4 is 5.32 Å². The number of para-hydroxylation sites is 1. The van der Waals surface area contributed by atoms with Crippen LogP contribution in [-0.4, -0.2) is 26.6 Å². The van der Waals surface area contributed by atoms with Gasteiger partial charge >= 0.3 is 0 Å². The van der Waals surface area contributed by atoms with Crippen molar-refractivity contribution in [3.63, 3.8) is 0 Å². The quantitative estimate of drug-likeness (QED) is 0.586. The van der Waals surface area contributed by atoms with Crippen LogP contribution in [0.15, 0.2) is 53.9 Å². The summed E-state index contributed by atoms with van der Waals surface area (Å²) in [4.78, 5) is 24.4. The Kier molecular flexibility index (Phi) is 4.50. The summed E-state index contributed by atoms with van der Waals surface area (Å²) in [5, 5.41) is 4.96. The molecule has 3 aromatic rings. The maximum Gasteiger partial charge on any atom is 0.235 e. The van der Waals surface area contributed by atoms with Crippen LogP contribution in [0, 0.1) is 0 Å². The molecule has 1 aromatic carbocycles. The number of hydrogen-bond donors (Lipinski definition) is 1. The number of carbonyl (C=O) groups is 1. The summed E-state index contributed by atoms with van der Waals surface area (Å²) in [5.41, 5.74) is 0.861. The minimum absolute atomic E-state index is 0.150. The lowest BCUT2D eigenvalue weighted by atomic mass is 10.2. The predicted molar refractivity (Wildman–Crippen MR) is 88.1 cm³/mol. The molecular formula is C15H11ClN4OS. The van der Waals surface area contributed by atoms with Gasteiger partial charge in [0.2, 0.25) is 5.91 Å². The molecule has 110 valence electrons. The smallest absolute Gasteiger partial charge is 0.235 e. The number of aromatic nitrogens is 3. The fraction of sp³-hybridized carbons (Fsp3) is 0.0667. The van der Waals surface area contributed by atoms with E-state index < -0.39 is 0 Å². The molecule has 0 unspecified atom stereocenters. The highest BCUT2D eigenvalue weighted by atomic mass is 35.5. The number of nitrogens with one attached hydrogen (secondary N) is 1. The average Bonchev–Trinajstić information content (AvgIpc) is 2.55. The molecule has 0 aliphatic carbocycles. The number of rotatable bonds is 4. The van der Waals surface area contributed by atoms with E-state index in [2.05, 4.69) is 20.3 Å². The number of nitrogens with zero attached hydrogens (tertiary/aromatic N) is 3. The Balaban J connectivity index is 1.66. The van der Waals surface area contributed by atoms with Gasteiger partial charge in [-0.1, -0.05) is 41.6 Å². The SMILES string of the molecule is O=C(CSc1ncnc2ccccc12)Nc1ccc(Cl)cn1. The maximum absolute atomic E-state index is 12.0. The topological polar surface area (TPSA) is 67.8 Å². The predicted octanol–water partition coefficient (Wildman–Crippen LogP) is 3.41. The van der Waals surface area contributed by atoms with E-state index in [0.717, 1.165) is 15.9 Å². The summed E-state index contributed by atoms with van der Waals surface area (Å²) in [5.74, 6) is 0.566. The van der Waals surface area contributed by atoms with Crippen molar-refractivity contribution >= 4 is 46.0 Å². The molecular weight excluding hydrogens is 320 g/mol. The van der Waals surface area contributed by atoms with E-state index in [1.807, 2.05) is 24.3 Å². The molecule has 0 bridgehead atoms. The van der Waals surface area contributed by atoms with Crippen molar-refractivity contribution in [3.8, 4) is 0 Å². The van der Waals surface area contributed by atoms with Gasteiger partial charge in [0.25, 0.3) is 0 Å². The van der Waals surface area contributed by atoms with E-state index in [0.29, 0.717) is 10.8 Å². The molecule has 0 aliphatic heterocycles. The van der Waals surface area contributed by atoms with Crippen molar-refractivity contribution in [2.45, 2.75) is 5.03 Å². The summed E-state index contributed by atoms with van der Waals surface area (Å²) < 4.78 is 0. The zero-order chi connectivity index (χ0) is 15.4. The molecule has 3 rings (SSSR count). The molecule has 0 aliphatic rings. The first-order valence-corrected chi connectivity index (χ1v) is 7.83. The van der Waals surface area contributed by atoms with Gasteiger partial charge in [0.1, 0.15) is 17.2 Å². The highest BCUT2D eigenvalue weighted by molar-refractivity contribution is 8.00. The van der Waals surface area contributed by atoms with Crippen LogP contribution in [0.5, 0.6) is 0 Å². The lowest BCUT2D eigenvalue weighted by Gasteiger charge is -2.05. The van der Waals surface area contributed by atoms with E-state index in [-0.39, 0.29) is 11.7 Å². The number of pyridine rings is 1. The number of carbonyl (C=O) groups excluding carboxylic acids is 1. The third-order valence-corrected chi connectivity index (χ3v) is 4.07. The van der Waals surface area contributed by atoms with Gasteiger partial charge in [-0.15, -0.1) is 0 Å². The van der Waals surface area contributed by atoms with Crippen LogP contribution in [0.1, 0.15) is 0 Å². The van der Waals surface area contributed by atoms with Crippen LogP contribution in [-0.2, 0) is 4.79 Å². The highest BCUT2D eigenvalue weighted by Gasteiger charge is 2.08. The van der Waals surface area contributed by atoms with Crippen LogP contribution in [0.2, 0.25) is 5.02 Å². The van der Waals surface area contributed by atoms with E-state index in [1.54, 1.807) is 12.1 Å². The van der Waals surface area contributed by atoms with Gasteiger partial charge in [-0.3, -0.25) is 4.79 Å². The summed E-state index contributed by atoms with van der Waals surface area (Å²) in [6, 6.07) is 11.0. The molecule has 0 saturated carbocycles. The van der Waals surface area contributed by atoms with Gasteiger partial charge in [0, 0.05) is 11.6 Å². The first-order valence-electron chi connectivity index (χ1n) is 6.46. The van der Waals surface area contributed by atoms with Crippen molar-refractivity contribution in [2.24, 2.45) is 0 Å². The second-order valence-corrected chi connectivity index (χ2v) is 5.79. The van der Waals surface area contributed by atoms with Gasteiger partial charge in [-0.2, -0.15) is 0 Å². The van der Waals surface area contributed by atoms with Crippen LogP contribution in [0.25, 0.3) is 10.9 Å². The van der Waals surface area contributed by atoms with Crippen LogP contribution in [0.3, 0.4) is 0 Å². The van der Waals surface area contributed by atoms with Gasteiger partial charge < -0.3 is 5.32 Å². The number of hydrogen-bond acceptors (Lipinski definition) is 5. The summed E-state index contributed by atoms with van der Waals surface area (Å²) in [7, 11) is 0. The maximum atomic E-state index is 12.0. The molecule has 0 atom stereocenters. The van der Waals surface area contributed by atoms with Crippen LogP contribution >= 0.6 is 23.4 Å². The Hall–Kier alpha value is -2.18. The third kappa shape index (κ3) is 3.52. The number of benzene rings is 1. The van der Waals surface area contributed by atoms with E-state index in [4.69, 9.17) is 11.6 Å². The molecule has 2 heterocycles. The number of thioether (sulfide) groups is 1. The first-order chi connectivity index (χ1) is 10.7. The lowest BCUT2D eigenvalue weighted by Crippen LogP contribution is -2.15. The molecule has 0 saturated heterocycles. The molecule has 0 spiro atoms. The zero-order valence-corrected chi connectivity index (χ0v) is 12.9. The molecule has 1 N–H and O–H groups in total. The number of fused-ring (bicyclic) bond motifs is 1. The van der Waals surface area contributed by atoms with Crippen molar-refractivity contribution < 1.29 is 4.79 Å². The zero-order valence-electron chi connectivity index (χ0n) is 11.4. The largest absolute Gasteiger partial charge is 0.310 e. The van der Waals surface area contributed by atoms with Gasteiger partial charge in [0.05, 0.1) is 16.3 Å². The Morgan fingerprint density at radius 3 is 2.82 bits per heavy atom. The molecule has 7 heteroatoms. The van der Waals surface area contributed by atoms with Crippen molar-refractivity contribution in [1.29, 1.82) is 0 Å². The highest BCUT2D eigenvalue weighted by Crippen LogP contribution is 2.24. The second kappa shape index (κ2) is 6.72. The second-order valence-electron chi connectivity index (χ2n) is 4.39. The molecule has 22 heavy (non-hydrogen) atoms. The standard InChI is InChI=1S/C15H11ClN4OS/c16-10-5-6-13(17-7-10)20-14(21)8-22-15-11-3-1-2-4-12(11)18-9-19-15/h1-7,9H,8H2,(H,17,20,21). The average molecular weight is 331 g/mol. The minimum atomic E-state index is -0.150. The molecule has 0 fully saturated rings. The van der Waals surface area contributed by atoms with Crippen LogP contribution in [0.4, 0.5) is 5.82 Å². The normalized spacial score (nSPS) is 10.6. The number of amides is 1. The van der Waals surface area contributed by atoms with Gasteiger partial charge in [-0.05, 0) is 18.2 Å². The molecule has 1 amide bonds. The van der Waals surface area contributed by atoms with Crippen molar-refractivity contribution in [2.75, 3.05) is 11.1 Å². The van der Waals surface area contributed by atoms with Gasteiger partial charge in [0.15, 0.2) is 0 Å². The van der Waals surface area contributed by atoms with E-state index in [1.165, 1.54) is 24.3 Å².